The third-order valence-corrected chi connectivity index (χ3v) is 6.20. The highest BCUT2D eigenvalue weighted by atomic mass is 127. The SMILES string of the molecule is CCNC(=NCc1ccc(N2CC=CC2)cc1)NC(C)c1nc(C)c(C(=O)OCC)s1.I. The van der Waals surface area contributed by atoms with Crippen molar-refractivity contribution in [1.29, 1.82) is 0 Å². The summed E-state index contributed by atoms with van der Waals surface area (Å²) in [6.07, 6.45) is 4.38. The number of carbonyl (C=O) groups excluding carboxylic acids is 1. The van der Waals surface area contributed by atoms with Gasteiger partial charge in [-0.25, -0.2) is 14.8 Å². The number of ether oxygens (including phenoxy) is 1. The van der Waals surface area contributed by atoms with E-state index in [4.69, 9.17) is 9.73 Å². The Bertz CT molecular complexity index is 934. The van der Waals surface area contributed by atoms with Crippen molar-refractivity contribution >= 4 is 52.9 Å². The van der Waals surface area contributed by atoms with Crippen LogP contribution in [0.5, 0.6) is 0 Å². The largest absolute Gasteiger partial charge is 0.462 e. The third kappa shape index (κ3) is 6.93. The summed E-state index contributed by atoms with van der Waals surface area (Å²) in [5.74, 6) is 0.401. The zero-order valence-electron chi connectivity index (χ0n) is 19.1. The number of thiazole rings is 1. The monoisotopic (exact) mass is 569 g/mol. The van der Waals surface area contributed by atoms with Crippen LogP contribution in [0.1, 0.15) is 52.7 Å². The van der Waals surface area contributed by atoms with Gasteiger partial charge in [0.1, 0.15) is 9.88 Å². The van der Waals surface area contributed by atoms with Gasteiger partial charge in [0.2, 0.25) is 0 Å². The average molecular weight is 570 g/mol. The number of nitrogens with zero attached hydrogens (tertiary/aromatic N) is 3. The number of halogens is 1. The molecular weight excluding hydrogens is 537 g/mol. The Morgan fingerprint density at radius 1 is 1.25 bits per heavy atom. The molecule has 0 bridgehead atoms. The van der Waals surface area contributed by atoms with Crippen LogP contribution in [-0.2, 0) is 11.3 Å². The number of carbonyl (C=O) groups is 1. The molecule has 2 heterocycles. The molecule has 2 aromatic rings. The number of hydrogen-bond acceptors (Lipinski definition) is 6. The topological polar surface area (TPSA) is 78.9 Å². The summed E-state index contributed by atoms with van der Waals surface area (Å²) in [6, 6.07) is 8.46. The highest BCUT2D eigenvalue weighted by Crippen LogP contribution is 2.24. The second-order valence-corrected chi connectivity index (χ2v) is 8.32. The van der Waals surface area contributed by atoms with Gasteiger partial charge in [-0.05, 0) is 45.4 Å². The summed E-state index contributed by atoms with van der Waals surface area (Å²) in [5, 5.41) is 7.50. The molecule has 9 heteroatoms. The first-order valence-electron chi connectivity index (χ1n) is 10.7. The van der Waals surface area contributed by atoms with Crippen molar-refractivity contribution in [2.45, 2.75) is 40.3 Å². The molecule has 2 N–H and O–H groups in total. The molecule has 0 amide bonds. The Kier molecular flexibility index (Phi) is 10.4. The van der Waals surface area contributed by atoms with Crippen LogP contribution in [0.25, 0.3) is 0 Å². The lowest BCUT2D eigenvalue weighted by molar-refractivity contribution is 0.0531. The number of rotatable bonds is 8. The predicted octanol–water partition coefficient (Wildman–Crippen LogP) is 4.44. The Labute approximate surface area is 211 Å². The number of hydrogen-bond donors (Lipinski definition) is 2. The van der Waals surface area contributed by atoms with Gasteiger partial charge < -0.3 is 20.3 Å². The number of benzene rings is 1. The summed E-state index contributed by atoms with van der Waals surface area (Å²) in [4.78, 5) is 24.2. The Balaban J connectivity index is 0.00000363. The molecule has 3 rings (SSSR count). The number of anilines is 1. The molecule has 1 aromatic carbocycles. The van der Waals surface area contributed by atoms with Crippen LogP contribution >= 0.6 is 35.3 Å². The van der Waals surface area contributed by atoms with E-state index in [0.717, 1.165) is 30.2 Å². The molecule has 0 fully saturated rings. The smallest absolute Gasteiger partial charge is 0.350 e. The van der Waals surface area contributed by atoms with Crippen molar-refractivity contribution in [1.82, 2.24) is 15.6 Å². The van der Waals surface area contributed by atoms with Crippen LogP contribution in [-0.4, -0.2) is 43.2 Å². The number of nitrogens with one attached hydrogen (secondary N) is 2. The first-order valence-corrected chi connectivity index (χ1v) is 11.5. The number of esters is 1. The zero-order chi connectivity index (χ0) is 22.2. The van der Waals surface area contributed by atoms with Crippen molar-refractivity contribution in [3.8, 4) is 0 Å². The Hall–Kier alpha value is -2.14. The summed E-state index contributed by atoms with van der Waals surface area (Å²) >= 11 is 1.36. The van der Waals surface area contributed by atoms with Gasteiger partial charge in [0.15, 0.2) is 5.96 Å². The van der Waals surface area contributed by atoms with E-state index < -0.39 is 0 Å². The van der Waals surface area contributed by atoms with Crippen molar-refractivity contribution in [3.05, 3.63) is 57.6 Å². The van der Waals surface area contributed by atoms with Gasteiger partial charge in [-0.2, -0.15) is 0 Å². The molecule has 1 aliphatic heterocycles. The number of aromatic nitrogens is 1. The minimum absolute atomic E-state index is 0. The van der Waals surface area contributed by atoms with Gasteiger partial charge in [0.25, 0.3) is 0 Å². The molecule has 1 atom stereocenters. The second-order valence-electron chi connectivity index (χ2n) is 7.29. The average Bonchev–Trinajstić information content (AvgIpc) is 3.43. The van der Waals surface area contributed by atoms with Crippen LogP contribution < -0.4 is 15.5 Å². The molecule has 0 radical (unpaired) electrons. The van der Waals surface area contributed by atoms with E-state index in [9.17, 15) is 4.79 Å². The molecule has 174 valence electrons. The summed E-state index contributed by atoms with van der Waals surface area (Å²) < 4.78 is 5.12. The van der Waals surface area contributed by atoms with E-state index in [1.54, 1.807) is 6.92 Å². The van der Waals surface area contributed by atoms with Crippen LogP contribution in [0, 0.1) is 6.92 Å². The molecule has 0 saturated carbocycles. The molecule has 32 heavy (non-hydrogen) atoms. The van der Waals surface area contributed by atoms with Crippen molar-refractivity contribution in [2.24, 2.45) is 4.99 Å². The van der Waals surface area contributed by atoms with E-state index >= 15 is 0 Å². The van der Waals surface area contributed by atoms with E-state index in [1.165, 1.54) is 17.0 Å². The summed E-state index contributed by atoms with van der Waals surface area (Å²) in [7, 11) is 0. The maximum atomic E-state index is 12.1. The lowest BCUT2D eigenvalue weighted by Crippen LogP contribution is -2.38. The summed E-state index contributed by atoms with van der Waals surface area (Å²) in [5.41, 5.74) is 3.07. The predicted molar refractivity (Wildman–Crippen MR) is 142 cm³/mol. The fraction of sp³-hybridized carbons (Fsp3) is 0.435. The zero-order valence-corrected chi connectivity index (χ0v) is 22.2. The fourth-order valence-electron chi connectivity index (χ4n) is 3.25. The van der Waals surface area contributed by atoms with Crippen LogP contribution in [0.15, 0.2) is 41.4 Å². The quantitative estimate of drug-likeness (QED) is 0.161. The number of guanidine groups is 1. The molecule has 7 nitrogen and oxygen atoms in total. The van der Waals surface area contributed by atoms with Crippen LogP contribution in [0.4, 0.5) is 5.69 Å². The van der Waals surface area contributed by atoms with Crippen LogP contribution in [0.2, 0.25) is 0 Å². The Morgan fingerprint density at radius 2 is 1.94 bits per heavy atom. The van der Waals surface area contributed by atoms with E-state index in [1.807, 2.05) is 20.8 Å². The second kappa shape index (κ2) is 12.8. The number of aryl methyl sites for hydroxylation is 1. The molecule has 0 aliphatic carbocycles. The highest BCUT2D eigenvalue weighted by molar-refractivity contribution is 14.0. The minimum atomic E-state index is -0.315. The third-order valence-electron chi connectivity index (χ3n) is 4.88. The number of aliphatic imine (C=N–C) groups is 1. The lowest BCUT2D eigenvalue weighted by atomic mass is 10.2. The van der Waals surface area contributed by atoms with Crippen molar-refractivity contribution in [3.63, 3.8) is 0 Å². The molecule has 0 spiro atoms. The van der Waals surface area contributed by atoms with Gasteiger partial charge in [0.05, 0.1) is 24.9 Å². The van der Waals surface area contributed by atoms with Gasteiger partial charge >= 0.3 is 5.97 Å². The van der Waals surface area contributed by atoms with Crippen molar-refractivity contribution in [2.75, 3.05) is 31.1 Å². The highest BCUT2D eigenvalue weighted by Gasteiger charge is 2.20. The first-order chi connectivity index (χ1) is 15.0. The molecule has 1 aliphatic rings. The van der Waals surface area contributed by atoms with Gasteiger partial charge in [-0.1, -0.05) is 24.3 Å². The molecule has 1 unspecified atom stereocenters. The van der Waals surface area contributed by atoms with E-state index in [2.05, 4.69) is 56.9 Å². The van der Waals surface area contributed by atoms with Gasteiger partial charge in [-0.3, -0.25) is 0 Å². The lowest BCUT2D eigenvalue weighted by Gasteiger charge is -2.18. The van der Waals surface area contributed by atoms with Crippen molar-refractivity contribution < 1.29 is 9.53 Å². The summed E-state index contributed by atoms with van der Waals surface area (Å²) in [6.45, 7) is 11.3. The minimum Gasteiger partial charge on any atom is -0.462 e. The van der Waals surface area contributed by atoms with E-state index in [0.29, 0.717) is 29.7 Å². The first kappa shape index (κ1) is 26.1. The van der Waals surface area contributed by atoms with Gasteiger partial charge in [-0.15, -0.1) is 35.3 Å². The molecular formula is C23H32IN5O2S. The van der Waals surface area contributed by atoms with Crippen LogP contribution in [0.3, 0.4) is 0 Å². The maximum Gasteiger partial charge on any atom is 0.350 e. The van der Waals surface area contributed by atoms with Gasteiger partial charge in [0, 0.05) is 25.3 Å². The fourth-order valence-corrected chi connectivity index (χ4v) is 4.21. The molecule has 0 saturated heterocycles. The standard InChI is InChI=1S/C23H31N5O2S.HI/c1-5-24-23(25-15-18-9-11-19(12-10-18)28-13-7-8-14-28)27-17(4)21-26-16(3)20(31-21)22(29)30-6-2;/h7-12,17H,5-6,13-15H2,1-4H3,(H2,24,25,27);1H. The molecule has 1 aromatic heterocycles. The Morgan fingerprint density at radius 3 is 2.56 bits per heavy atom. The van der Waals surface area contributed by atoms with E-state index in [-0.39, 0.29) is 36.0 Å². The normalized spacial score (nSPS) is 14.1. The maximum absolute atomic E-state index is 12.1.